The highest BCUT2D eigenvalue weighted by atomic mass is 32.3. The fraction of sp³-hybridized carbons (Fsp3) is 0.600. The van der Waals surface area contributed by atoms with Crippen molar-refractivity contribution in [3.05, 3.63) is 30.3 Å². The zero-order valence-electron chi connectivity index (χ0n) is 18.1. The number of rotatable bonds is 8. The van der Waals surface area contributed by atoms with E-state index in [2.05, 4.69) is 0 Å². The van der Waals surface area contributed by atoms with Crippen LogP contribution in [0, 0.1) is 5.95 Å². The Labute approximate surface area is 213 Å². The van der Waals surface area contributed by atoms with Gasteiger partial charge in [-0.3, -0.25) is 4.21 Å². The minimum Gasteiger partial charge on any atom is -0.772 e. The van der Waals surface area contributed by atoms with Crippen LogP contribution in [0.25, 0.3) is 0 Å². The van der Waals surface area contributed by atoms with Crippen LogP contribution in [0.2, 0.25) is 0 Å². The maximum atomic E-state index is 14.2. The summed E-state index contributed by atoms with van der Waals surface area (Å²) in [6, 6.07) is 0.856. The second-order valence-corrected chi connectivity index (χ2v) is 11.6. The average Bonchev–Trinajstić information content (AvgIpc) is 2.75. The van der Waals surface area contributed by atoms with Gasteiger partial charge in [-0.05, 0) is 6.07 Å². The van der Waals surface area contributed by atoms with E-state index in [-0.39, 0.29) is 12.3 Å². The molecule has 1 unspecified atom stereocenters. The standard InChI is InChI=1S/C15H6F19NO4S2/c16-6-3-1-2-4-35(6)5-7(40(36,37)14(31,32)10(21,22)8(17,18)12(25,26)27)41(38,39)15(33,34)11(23,24)9(19,20)13(28,29)30/h1-4H,5H2. The van der Waals surface area contributed by atoms with Gasteiger partial charge in [-0.25, -0.2) is 8.42 Å². The van der Waals surface area contributed by atoms with Crippen LogP contribution in [0.4, 0.5) is 83.4 Å². The molecule has 0 spiro atoms. The highest BCUT2D eigenvalue weighted by Crippen LogP contribution is 2.57. The van der Waals surface area contributed by atoms with Crippen LogP contribution in [0.1, 0.15) is 0 Å². The zero-order chi connectivity index (χ0) is 33.3. The first kappa shape index (κ1) is 36.8. The van der Waals surface area contributed by atoms with Gasteiger partial charge < -0.3 is 4.55 Å². The van der Waals surface area contributed by atoms with E-state index in [1.54, 1.807) is 0 Å². The summed E-state index contributed by atoms with van der Waals surface area (Å²) < 4.78 is 295. The molecule has 1 aromatic heterocycles. The van der Waals surface area contributed by atoms with Gasteiger partial charge in [-0.2, -0.15) is 83.6 Å². The van der Waals surface area contributed by atoms with Gasteiger partial charge in [0.1, 0.15) is 0 Å². The number of halogens is 19. The fourth-order valence-corrected chi connectivity index (χ4v) is 6.29. The number of alkyl halides is 18. The van der Waals surface area contributed by atoms with E-state index < -0.39 is 87.4 Å². The molecule has 0 saturated carbocycles. The molecule has 0 fully saturated rings. The molecule has 0 aliphatic carbocycles. The molecule has 1 atom stereocenters. The number of hydrogen-bond donors (Lipinski definition) is 0. The Bertz CT molecular complexity index is 1390. The van der Waals surface area contributed by atoms with E-state index in [1.807, 2.05) is 0 Å². The quantitative estimate of drug-likeness (QED) is 0.168. The maximum Gasteiger partial charge on any atom is 0.460 e. The largest absolute Gasteiger partial charge is 0.772 e. The summed E-state index contributed by atoms with van der Waals surface area (Å²) in [5.74, 6) is -35.6. The summed E-state index contributed by atoms with van der Waals surface area (Å²) in [6.07, 6.45) is -15.9. The smallest absolute Gasteiger partial charge is 0.460 e. The van der Waals surface area contributed by atoms with E-state index in [1.165, 1.54) is 0 Å². The Hall–Kier alpha value is -2.25. The minimum atomic E-state index is -8.96. The molecule has 0 saturated heterocycles. The summed E-state index contributed by atoms with van der Waals surface area (Å²) in [5.41, 5.74) is 0. The molecule has 0 N–H and O–H groups in total. The molecule has 41 heavy (non-hydrogen) atoms. The van der Waals surface area contributed by atoms with Crippen LogP contribution in [0.15, 0.2) is 24.4 Å². The maximum absolute atomic E-state index is 14.2. The Morgan fingerprint density at radius 2 is 1.00 bits per heavy atom. The van der Waals surface area contributed by atoms with Crippen LogP contribution < -0.4 is 4.57 Å². The predicted molar refractivity (Wildman–Crippen MR) is 91.2 cm³/mol. The Kier molecular flexibility index (Phi) is 8.88. The van der Waals surface area contributed by atoms with Gasteiger partial charge in [0, 0.05) is 21.9 Å². The molecule has 0 aromatic carbocycles. The molecule has 1 heterocycles. The average molecular weight is 689 g/mol. The SMILES string of the molecule is O=S(=O)(C(C[n+]1ccccc1F)=S(=O)([O-])C(F)(F)C(F)(F)C(F)(F)C(F)(F)F)C(F)(F)C(F)(F)C(F)(F)C(F)(F)F. The zero-order valence-corrected chi connectivity index (χ0v) is 19.7. The molecule has 0 aliphatic heterocycles. The van der Waals surface area contributed by atoms with Crippen LogP contribution in [0.5, 0.6) is 0 Å². The lowest BCUT2D eigenvalue weighted by molar-refractivity contribution is -0.709. The molecule has 240 valence electrons. The molecular formula is C15H6F19NO4S2. The first-order valence-electron chi connectivity index (χ1n) is 9.01. The highest BCUT2D eigenvalue weighted by molar-refractivity contribution is 8.22. The summed E-state index contributed by atoms with van der Waals surface area (Å²) in [7, 11) is -17.9. The van der Waals surface area contributed by atoms with Crippen molar-refractivity contribution in [1.29, 1.82) is 0 Å². The monoisotopic (exact) mass is 689 g/mol. The Morgan fingerprint density at radius 3 is 1.34 bits per heavy atom. The second kappa shape index (κ2) is 9.90. The summed E-state index contributed by atoms with van der Waals surface area (Å²) in [4.78, 5) is 0. The van der Waals surface area contributed by atoms with E-state index in [9.17, 15) is 101 Å². The molecular weight excluding hydrogens is 683 g/mol. The van der Waals surface area contributed by atoms with Crippen molar-refractivity contribution in [2.75, 3.05) is 0 Å². The number of aromatic nitrogens is 1. The summed E-state index contributed by atoms with van der Waals surface area (Å²) in [5, 5.41) is -16.7. The topological polar surface area (TPSA) is 78.2 Å². The molecule has 0 bridgehead atoms. The number of sulfone groups is 1. The summed E-state index contributed by atoms with van der Waals surface area (Å²) in [6.45, 7) is -3.30. The van der Waals surface area contributed by atoms with Crippen molar-refractivity contribution in [2.45, 2.75) is 53.1 Å². The number of pyridine rings is 1. The van der Waals surface area contributed by atoms with Crippen LogP contribution in [0.3, 0.4) is 0 Å². The van der Waals surface area contributed by atoms with Gasteiger partial charge in [-0.15, -0.1) is 4.39 Å². The Balaban J connectivity index is 4.39. The third-order valence-corrected chi connectivity index (χ3v) is 9.33. The first-order chi connectivity index (χ1) is 17.6. The lowest BCUT2D eigenvalue weighted by Crippen LogP contribution is -2.67. The first-order valence-corrected chi connectivity index (χ1v) is 12.0. The molecule has 1 aromatic rings. The van der Waals surface area contributed by atoms with E-state index >= 15 is 0 Å². The third-order valence-electron chi connectivity index (χ3n) is 4.69. The van der Waals surface area contributed by atoms with Crippen LogP contribution in [-0.2, 0) is 26.2 Å². The lowest BCUT2D eigenvalue weighted by atomic mass is 10.1. The lowest BCUT2D eigenvalue weighted by Gasteiger charge is -2.39. The van der Waals surface area contributed by atoms with Crippen molar-refractivity contribution < 1.29 is 105 Å². The van der Waals surface area contributed by atoms with Gasteiger partial charge in [0.2, 0.25) is 0 Å². The van der Waals surface area contributed by atoms with Crippen molar-refractivity contribution >= 4 is 23.8 Å². The molecule has 5 nitrogen and oxygen atoms in total. The molecule has 0 aliphatic rings. The molecule has 0 radical (unpaired) electrons. The van der Waals surface area contributed by atoms with Crippen LogP contribution in [-0.4, -0.2) is 67.9 Å². The van der Waals surface area contributed by atoms with E-state index in [4.69, 9.17) is 0 Å². The van der Waals surface area contributed by atoms with Gasteiger partial charge in [0.25, 0.3) is 9.84 Å². The molecule has 0 amide bonds. The van der Waals surface area contributed by atoms with Crippen LogP contribution >= 0.6 is 0 Å². The minimum absolute atomic E-state index is 0.00798. The van der Waals surface area contributed by atoms with Gasteiger partial charge in [-0.1, -0.05) is 0 Å². The van der Waals surface area contributed by atoms with Crippen molar-refractivity contribution in [1.82, 2.24) is 0 Å². The molecule has 1 rings (SSSR count). The van der Waals surface area contributed by atoms with Crippen molar-refractivity contribution in [2.24, 2.45) is 0 Å². The number of nitrogens with zero attached hydrogens (tertiary/aromatic N) is 1. The second-order valence-electron chi connectivity index (χ2n) is 7.36. The Morgan fingerprint density at radius 1 is 0.634 bits per heavy atom. The van der Waals surface area contributed by atoms with Gasteiger partial charge in [0.05, 0.1) is 0 Å². The van der Waals surface area contributed by atoms with E-state index in [0.717, 1.165) is 0 Å². The fourth-order valence-electron chi connectivity index (χ4n) is 2.38. The van der Waals surface area contributed by atoms with Crippen molar-refractivity contribution in [3.63, 3.8) is 0 Å². The van der Waals surface area contributed by atoms with Crippen molar-refractivity contribution in [3.8, 4) is 0 Å². The van der Waals surface area contributed by atoms with Gasteiger partial charge in [0.15, 0.2) is 16.9 Å². The summed E-state index contributed by atoms with van der Waals surface area (Å²) >= 11 is 0. The predicted octanol–water partition coefficient (Wildman–Crippen LogP) is 4.92. The third kappa shape index (κ3) is 5.15. The van der Waals surface area contributed by atoms with Gasteiger partial charge >= 0.3 is 52.5 Å². The molecule has 26 heteroatoms. The normalized spacial score (nSPS) is 16.9. The number of hydrogen-bond acceptors (Lipinski definition) is 4. The van der Waals surface area contributed by atoms with E-state index in [0.29, 0.717) is 12.1 Å². The highest BCUT2D eigenvalue weighted by Gasteiger charge is 2.87.